The van der Waals surface area contributed by atoms with E-state index in [0.29, 0.717) is 33.0 Å². The van der Waals surface area contributed by atoms with Gasteiger partial charge in [0.25, 0.3) is 11.8 Å². The second-order valence-corrected chi connectivity index (χ2v) is 22.2. The monoisotopic (exact) mass is 914 g/mol. The number of hydrogen-bond acceptors (Lipinski definition) is 14. The summed E-state index contributed by atoms with van der Waals surface area (Å²) in [5, 5.41) is 90.6. The van der Waals surface area contributed by atoms with Crippen LogP contribution in [-0.4, -0.2) is 131 Å². The van der Waals surface area contributed by atoms with Crippen molar-refractivity contribution in [3.05, 3.63) is 45.5 Å². The van der Waals surface area contributed by atoms with Crippen LogP contribution >= 0.6 is 23.5 Å². The normalized spacial score (nSPS) is 24.7. The van der Waals surface area contributed by atoms with Gasteiger partial charge in [-0.2, -0.15) is 0 Å². The van der Waals surface area contributed by atoms with E-state index in [1.807, 2.05) is 0 Å². The lowest BCUT2D eigenvalue weighted by Crippen LogP contribution is -2.64. The first-order valence-electron chi connectivity index (χ1n) is 20.8. The minimum Gasteiger partial charge on any atom is -0.507 e. The number of carboxylic acids is 2. The molecule has 338 valence electrons. The molecule has 16 nitrogen and oxygen atoms in total. The van der Waals surface area contributed by atoms with Gasteiger partial charge >= 0.3 is 11.9 Å². The van der Waals surface area contributed by atoms with Gasteiger partial charge in [0.1, 0.15) is 34.3 Å². The summed E-state index contributed by atoms with van der Waals surface area (Å²) in [5.74, 6) is -7.13. The molecule has 18 heteroatoms. The number of aliphatic carboxylic acids is 2. The van der Waals surface area contributed by atoms with Crippen molar-refractivity contribution in [1.29, 1.82) is 0 Å². The SMILES string of the molecule is Cc1cc2c(C(C)C)c(O)c(O)c(C=N[C@@H]3C(=O)N4[C@@H]3SC(C)(C)[C@@H]4C(=O)O)c2c(O)c1-c1c(C)cc2c(C(C)C)c(O)c(O)c(C=N[C@@H]3C(=O)N4[C@@H]3SC(C)(C)[C@@H]4C(=O)O)c2c1O. The Morgan fingerprint density at radius 1 is 0.609 bits per heavy atom. The van der Waals surface area contributed by atoms with Crippen LogP contribution in [0, 0.1) is 13.8 Å². The van der Waals surface area contributed by atoms with Gasteiger partial charge in [0.05, 0.1) is 0 Å². The average Bonchev–Trinajstić information content (AvgIpc) is 3.59. The summed E-state index contributed by atoms with van der Waals surface area (Å²) in [5.41, 5.74) is 1.43. The molecule has 2 amide bonds. The Morgan fingerprint density at radius 3 is 1.23 bits per heavy atom. The fourth-order valence-corrected chi connectivity index (χ4v) is 13.4. The number of phenols is 6. The van der Waals surface area contributed by atoms with Crippen LogP contribution in [0.25, 0.3) is 32.7 Å². The van der Waals surface area contributed by atoms with Crippen LogP contribution in [0.15, 0.2) is 22.1 Å². The third kappa shape index (κ3) is 6.18. The number of β-lactam (4-membered cyclic amide) rings is 2. The smallest absolute Gasteiger partial charge is 0.327 e. The number of thioether (sulfide) groups is 2. The van der Waals surface area contributed by atoms with Crippen molar-refractivity contribution < 1.29 is 60.0 Å². The van der Waals surface area contributed by atoms with Crippen molar-refractivity contribution >= 4 is 81.3 Å². The van der Waals surface area contributed by atoms with Gasteiger partial charge in [-0.15, -0.1) is 23.5 Å². The second kappa shape index (κ2) is 14.8. The maximum absolute atomic E-state index is 13.4. The third-order valence-corrected chi connectivity index (χ3v) is 16.1. The molecule has 4 saturated heterocycles. The highest BCUT2D eigenvalue weighted by Gasteiger charge is 2.65. The number of benzene rings is 4. The number of fused-ring (bicyclic) bond motifs is 4. The van der Waals surface area contributed by atoms with Crippen molar-refractivity contribution in [3.8, 4) is 45.6 Å². The van der Waals surface area contributed by atoms with Crippen LogP contribution in [-0.2, 0) is 19.2 Å². The topological polar surface area (TPSA) is 261 Å². The summed E-state index contributed by atoms with van der Waals surface area (Å²) in [4.78, 5) is 62.7. The number of amides is 2. The number of phenolic OH excluding ortho intramolecular Hbond substituents is 6. The largest absolute Gasteiger partial charge is 0.507 e. The van der Waals surface area contributed by atoms with E-state index in [1.54, 1.807) is 81.4 Å². The van der Waals surface area contributed by atoms with Crippen molar-refractivity contribution in [2.24, 2.45) is 9.98 Å². The van der Waals surface area contributed by atoms with E-state index in [-0.39, 0.29) is 44.9 Å². The Morgan fingerprint density at radius 2 is 0.938 bits per heavy atom. The maximum Gasteiger partial charge on any atom is 0.327 e. The minimum atomic E-state index is -1.15. The molecule has 4 heterocycles. The highest BCUT2D eigenvalue weighted by molar-refractivity contribution is 8.02. The van der Waals surface area contributed by atoms with E-state index in [4.69, 9.17) is 0 Å². The molecule has 8 rings (SSSR count). The zero-order valence-electron chi connectivity index (χ0n) is 36.7. The molecule has 4 aromatic carbocycles. The lowest BCUT2D eigenvalue weighted by Gasteiger charge is -2.41. The molecule has 0 aromatic heterocycles. The lowest BCUT2D eigenvalue weighted by molar-refractivity contribution is -0.158. The summed E-state index contributed by atoms with van der Waals surface area (Å²) in [6.07, 6.45) is 2.37. The number of aromatic hydroxyl groups is 6. The van der Waals surface area contributed by atoms with Crippen LogP contribution in [0.3, 0.4) is 0 Å². The van der Waals surface area contributed by atoms with E-state index in [1.165, 1.54) is 45.8 Å². The van der Waals surface area contributed by atoms with E-state index < -0.39 is 103 Å². The predicted octanol–water partition coefficient (Wildman–Crippen LogP) is 6.63. The number of carbonyl (C=O) groups is 4. The first-order valence-corrected chi connectivity index (χ1v) is 22.5. The fourth-order valence-electron chi connectivity index (χ4n) is 10.2. The lowest BCUT2D eigenvalue weighted by atomic mass is 9.83. The molecule has 4 aromatic rings. The third-order valence-electron chi connectivity index (χ3n) is 13.0. The van der Waals surface area contributed by atoms with E-state index in [0.717, 1.165) is 0 Å². The number of nitrogens with zero attached hydrogens (tertiary/aromatic N) is 4. The first kappa shape index (κ1) is 44.7. The zero-order valence-corrected chi connectivity index (χ0v) is 38.4. The molecule has 0 unspecified atom stereocenters. The molecule has 4 fully saturated rings. The Bertz CT molecular complexity index is 2660. The molecular formula is C46H50N4O12S2. The molecule has 0 saturated carbocycles. The van der Waals surface area contributed by atoms with Gasteiger partial charge in [0.15, 0.2) is 35.1 Å². The number of aliphatic imine (C=N–C) groups is 2. The highest BCUT2D eigenvalue weighted by atomic mass is 32.2. The molecule has 4 aliphatic heterocycles. The van der Waals surface area contributed by atoms with Gasteiger partial charge in [0.2, 0.25) is 0 Å². The van der Waals surface area contributed by atoms with Crippen molar-refractivity contribution in [3.63, 3.8) is 0 Å². The second-order valence-electron chi connectivity index (χ2n) is 18.7. The summed E-state index contributed by atoms with van der Waals surface area (Å²) >= 11 is 2.57. The molecule has 4 aliphatic rings. The zero-order chi connectivity index (χ0) is 47.1. The number of rotatable bonds is 9. The molecule has 0 aliphatic carbocycles. The van der Waals surface area contributed by atoms with Crippen molar-refractivity contribution in [2.45, 2.75) is 125 Å². The van der Waals surface area contributed by atoms with Crippen LogP contribution in [0.5, 0.6) is 34.5 Å². The first-order chi connectivity index (χ1) is 29.8. The van der Waals surface area contributed by atoms with Gasteiger partial charge < -0.3 is 50.7 Å². The van der Waals surface area contributed by atoms with Crippen LogP contribution in [0.1, 0.15) is 101 Å². The summed E-state index contributed by atoms with van der Waals surface area (Å²) in [6.45, 7) is 17.5. The Balaban J connectivity index is 1.32. The molecule has 0 spiro atoms. The van der Waals surface area contributed by atoms with E-state index in [9.17, 15) is 60.0 Å². The molecule has 8 N–H and O–H groups in total. The Kier molecular flexibility index (Phi) is 10.4. The number of aryl methyl sites for hydroxylation is 2. The number of carbonyl (C=O) groups excluding carboxylic acids is 2. The number of carboxylic acid groups (broad SMARTS) is 2. The van der Waals surface area contributed by atoms with Crippen molar-refractivity contribution in [1.82, 2.24) is 9.80 Å². The Hall–Kier alpha value is -5.88. The average molecular weight is 915 g/mol. The van der Waals surface area contributed by atoms with Gasteiger partial charge in [-0.3, -0.25) is 19.6 Å². The summed E-state index contributed by atoms with van der Waals surface area (Å²) in [7, 11) is 0. The summed E-state index contributed by atoms with van der Waals surface area (Å²) in [6, 6.07) is -0.825. The molecule has 6 atom stereocenters. The van der Waals surface area contributed by atoms with Crippen molar-refractivity contribution in [2.75, 3.05) is 0 Å². The molecule has 0 radical (unpaired) electrons. The predicted molar refractivity (Wildman–Crippen MR) is 245 cm³/mol. The van der Waals surface area contributed by atoms with Crippen LogP contribution < -0.4 is 0 Å². The van der Waals surface area contributed by atoms with Gasteiger partial charge in [0, 0.05) is 66.1 Å². The van der Waals surface area contributed by atoms with Gasteiger partial charge in [-0.25, -0.2) is 9.59 Å². The Labute approximate surface area is 376 Å². The van der Waals surface area contributed by atoms with E-state index >= 15 is 0 Å². The fraction of sp³-hybridized carbons (Fsp3) is 0.435. The van der Waals surface area contributed by atoms with Gasteiger partial charge in [-0.1, -0.05) is 39.8 Å². The quantitative estimate of drug-likeness (QED) is 0.0498. The minimum absolute atomic E-state index is 0.0385. The maximum atomic E-state index is 13.4. The molecular weight excluding hydrogens is 865 g/mol. The van der Waals surface area contributed by atoms with Crippen LogP contribution in [0.2, 0.25) is 0 Å². The van der Waals surface area contributed by atoms with Gasteiger partial charge in [-0.05, 0) is 75.3 Å². The number of hydrogen-bond donors (Lipinski definition) is 8. The standard InChI is InChI=1S/C46H50N4O12S2/c1-15(2)23-19-11-17(5)25(33(53)27(19)21(31(51)35(23)55)13-47-29-39(57)49-37(43(59)60)45(7,8)63-41(29)49)26-18(6)12-20-24(16(3)4)36(56)32(52)22(28(20)34(26)54)14-48-30-40(58)50-38(44(61)62)46(9,10)64-42(30)50/h11-16,29-30,37-38,41-42,51-56H,1-10H3,(H,59,60)(H,61,62)/t29-,30-,37+,38+,41-,42-/m1/s1. The molecule has 64 heavy (non-hydrogen) atoms. The summed E-state index contributed by atoms with van der Waals surface area (Å²) < 4.78 is -1.64. The van der Waals surface area contributed by atoms with E-state index in [2.05, 4.69) is 9.98 Å². The highest BCUT2D eigenvalue weighted by Crippen LogP contribution is 2.56. The van der Waals surface area contributed by atoms with Crippen LogP contribution in [0.4, 0.5) is 0 Å². The molecule has 0 bridgehead atoms.